The van der Waals surface area contributed by atoms with Gasteiger partial charge in [0.2, 0.25) is 0 Å². The molecule has 0 saturated carbocycles. The fourth-order valence-electron chi connectivity index (χ4n) is 0.979. The summed E-state index contributed by atoms with van der Waals surface area (Å²) in [5.41, 5.74) is -1.02. The number of hydrogen-bond acceptors (Lipinski definition) is 5. The highest BCUT2D eigenvalue weighted by atomic mass is 35.5. The summed E-state index contributed by atoms with van der Waals surface area (Å²) in [6.07, 6.45) is 0. The van der Waals surface area contributed by atoms with Crippen LogP contribution < -0.4 is 4.74 Å². The summed E-state index contributed by atoms with van der Waals surface area (Å²) in [5, 5.41) is 20.8. The minimum absolute atomic E-state index is 0.115. The lowest BCUT2D eigenvalue weighted by atomic mass is 10.2. The number of nitro benzene ring substituents is 2. The van der Waals surface area contributed by atoms with Crippen LogP contribution in [0.25, 0.3) is 0 Å². The average molecular weight is 233 g/mol. The zero-order valence-electron chi connectivity index (χ0n) is 7.47. The van der Waals surface area contributed by atoms with E-state index in [1.165, 1.54) is 7.11 Å². The molecule has 0 amide bonds. The van der Waals surface area contributed by atoms with Crippen molar-refractivity contribution in [1.29, 1.82) is 0 Å². The second-order valence-electron chi connectivity index (χ2n) is 2.49. The minimum atomic E-state index is -0.797. The summed E-state index contributed by atoms with van der Waals surface area (Å²) in [4.78, 5) is 19.4. The summed E-state index contributed by atoms with van der Waals surface area (Å²) in [6, 6.07) is 1.80. The maximum atomic E-state index is 10.5. The van der Waals surface area contributed by atoms with Crippen LogP contribution >= 0.6 is 11.6 Å². The van der Waals surface area contributed by atoms with Gasteiger partial charge in [-0.1, -0.05) is 11.6 Å². The van der Waals surface area contributed by atoms with E-state index in [-0.39, 0.29) is 10.8 Å². The van der Waals surface area contributed by atoms with Crippen molar-refractivity contribution in [3.63, 3.8) is 0 Å². The van der Waals surface area contributed by atoms with Gasteiger partial charge in [0.15, 0.2) is 5.75 Å². The quantitative estimate of drug-likeness (QED) is 0.588. The lowest BCUT2D eigenvalue weighted by Gasteiger charge is -2.02. The second-order valence-corrected chi connectivity index (χ2v) is 2.90. The largest absolute Gasteiger partial charge is 0.490 e. The van der Waals surface area contributed by atoms with Gasteiger partial charge in [0, 0.05) is 6.07 Å². The maximum Gasteiger partial charge on any atom is 0.317 e. The number of benzene rings is 1. The van der Waals surface area contributed by atoms with Crippen LogP contribution in [0.1, 0.15) is 0 Å². The molecule has 8 heteroatoms. The number of rotatable bonds is 3. The highest BCUT2D eigenvalue weighted by Crippen LogP contribution is 2.36. The Morgan fingerprint density at radius 1 is 1.20 bits per heavy atom. The summed E-state index contributed by atoms with van der Waals surface area (Å²) >= 11 is 5.54. The molecule has 0 aromatic heterocycles. The van der Waals surface area contributed by atoms with Gasteiger partial charge < -0.3 is 4.74 Å². The molecular weight excluding hydrogens is 228 g/mol. The Morgan fingerprint density at radius 3 is 2.13 bits per heavy atom. The van der Waals surface area contributed by atoms with E-state index in [9.17, 15) is 20.2 Å². The molecular formula is C7H5ClN2O5. The Labute approximate surface area is 88.5 Å². The third-order valence-corrected chi connectivity index (χ3v) is 1.94. The first-order chi connectivity index (χ1) is 6.97. The van der Waals surface area contributed by atoms with Crippen molar-refractivity contribution in [3.8, 4) is 5.75 Å². The number of hydrogen-bond donors (Lipinski definition) is 0. The number of ether oxygens (including phenoxy) is 1. The van der Waals surface area contributed by atoms with E-state index in [4.69, 9.17) is 11.6 Å². The van der Waals surface area contributed by atoms with Crippen molar-refractivity contribution in [2.75, 3.05) is 7.11 Å². The minimum Gasteiger partial charge on any atom is -0.490 e. The molecule has 7 nitrogen and oxygen atoms in total. The van der Waals surface area contributed by atoms with Crippen molar-refractivity contribution in [2.45, 2.75) is 0 Å². The van der Waals surface area contributed by atoms with E-state index >= 15 is 0 Å². The lowest BCUT2D eigenvalue weighted by Crippen LogP contribution is -1.97. The number of methoxy groups -OCH3 is 1. The third kappa shape index (κ3) is 2.13. The zero-order chi connectivity index (χ0) is 11.6. The van der Waals surface area contributed by atoms with Gasteiger partial charge in [0.05, 0.1) is 23.0 Å². The highest BCUT2D eigenvalue weighted by Gasteiger charge is 2.23. The first-order valence-corrected chi connectivity index (χ1v) is 4.01. The predicted octanol–water partition coefficient (Wildman–Crippen LogP) is 2.17. The molecule has 0 spiro atoms. The van der Waals surface area contributed by atoms with Gasteiger partial charge in [0.1, 0.15) is 5.02 Å². The fraction of sp³-hybridized carbons (Fsp3) is 0.143. The van der Waals surface area contributed by atoms with Crippen LogP contribution in [-0.2, 0) is 0 Å². The molecule has 0 fully saturated rings. The molecule has 0 saturated heterocycles. The summed E-state index contributed by atoms with van der Waals surface area (Å²) in [5.74, 6) is -0.115. The van der Waals surface area contributed by atoms with Crippen LogP contribution in [0.3, 0.4) is 0 Å². The molecule has 0 heterocycles. The topological polar surface area (TPSA) is 95.5 Å². The van der Waals surface area contributed by atoms with E-state index in [2.05, 4.69) is 4.74 Å². The summed E-state index contributed by atoms with van der Waals surface area (Å²) in [7, 11) is 1.21. The Kier molecular flexibility index (Phi) is 3.05. The van der Waals surface area contributed by atoms with Gasteiger partial charge in [0.25, 0.3) is 5.69 Å². The predicted molar refractivity (Wildman–Crippen MR) is 51.3 cm³/mol. The van der Waals surface area contributed by atoms with Gasteiger partial charge in [-0.2, -0.15) is 0 Å². The van der Waals surface area contributed by atoms with Crippen molar-refractivity contribution >= 4 is 23.0 Å². The molecule has 0 aliphatic rings. The Balaban J connectivity index is 3.43. The molecule has 0 N–H and O–H groups in total. The molecule has 0 aliphatic carbocycles. The average Bonchev–Trinajstić information content (AvgIpc) is 2.16. The number of halogens is 1. The summed E-state index contributed by atoms with van der Waals surface area (Å²) in [6.45, 7) is 0. The van der Waals surface area contributed by atoms with E-state index in [0.717, 1.165) is 12.1 Å². The number of nitro groups is 2. The monoisotopic (exact) mass is 232 g/mol. The van der Waals surface area contributed by atoms with Crippen LogP contribution in [0.4, 0.5) is 11.4 Å². The van der Waals surface area contributed by atoms with Crippen molar-refractivity contribution in [1.82, 2.24) is 0 Å². The van der Waals surface area contributed by atoms with Crippen LogP contribution in [-0.4, -0.2) is 17.0 Å². The van der Waals surface area contributed by atoms with Gasteiger partial charge in [-0.05, 0) is 0 Å². The fourth-order valence-corrected chi connectivity index (χ4v) is 1.20. The normalized spacial score (nSPS) is 9.73. The summed E-state index contributed by atoms with van der Waals surface area (Å²) < 4.78 is 4.67. The molecule has 80 valence electrons. The van der Waals surface area contributed by atoms with Crippen molar-refractivity contribution in [2.24, 2.45) is 0 Å². The van der Waals surface area contributed by atoms with E-state index in [1.807, 2.05) is 0 Å². The second kappa shape index (κ2) is 4.09. The van der Waals surface area contributed by atoms with E-state index in [0.29, 0.717) is 0 Å². The maximum absolute atomic E-state index is 10.5. The molecule has 15 heavy (non-hydrogen) atoms. The number of nitrogens with zero attached hydrogens (tertiary/aromatic N) is 2. The van der Waals surface area contributed by atoms with Crippen LogP contribution in [0, 0.1) is 20.2 Å². The zero-order valence-corrected chi connectivity index (χ0v) is 8.22. The Morgan fingerprint density at radius 2 is 1.73 bits per heavy atom. The molecule has 1 rings (SSSR count). The van der Waals surface area contributed by atoms with E-state index in [1.54, 1.807) is 0 Å². The molecule has 0 unspecified atom stereocenters. The first kappa shape index (κ1) is 11.2. The van der Waals surface area contributed by atoms with Gasteiger partial charge >= 0.3 is 5.69 Å². The molecule has 1 aromatic carbocycles. The van der Waals surface area contributed by atoms with Gasteiger partial charge in [-0.15, -0.1) is 0 Å². The molecule has 0 aliphatic heterocycles. The van der Waals surface area contributed by atoms with Crippen molar-refractivity contribution < 1.29 is 14.6 Å². The van der Waals surface area contributed by atoms with E-state index < -0.39 is 21.2 Å². The van der Waals surface area contributed by atoms with Gasteiger partial charge in [-0.3, -0.25) is 20.2 Å². The molecule has 0 bridgehead atoms. The highest BCUT2D eigenvalue weighted by molar-refractivity contribution is 6.32. The molecule has 0 atom stereocenters. The smallest absolute Gasteiger partial charge is 0.317 e. The van der Waals surface area contributed by atoms with Crippen molar-refractivity contribution in [3.05, 3.63) is 37.4 Å². The van der Waals surface area contributed by atoms with Crippen LogP contribution in [0.15, 0.2) is 12.1 Å². The van der Waals surface area contributed by atoms with Crippen LogP contribution in [0.2, 0.25) is 5.02 Å². The Hall–Kier alpha value is -1.89. The molecule has 0 radical (unpaired) electrons. The SMILES string of the molecule is COc1cc(Cl)c([N+](=O)[O-])cc1[N+](=O)[O-]. The van der Waals surface area contributed by atoms with Gasteiger partial charge in [-0.25, -0.2) is 0 Å². The third-order valence-electron chi connectivity index (χ3n) is 1.64. The first-order valence-electron chi connectivity index (χ1n) is 3.63. The lowest BCUT2D eigenvalue weighted by molar-refractivity contribution is -0.394. The van der Waals surface area contributed by atoms with Crippen LogP contribution in [0.5, 0.6) is 5.75 Å². The standard InChI is InChI=1S/C7H5ClN2O5/c1-15-7-2-4(8)5(9(11)12)3-6(7)10(13)14/h2-3H,1H3. The Bertz CT molecular complexity index is 434. The molecule has 1 aromatic rings.